The first-order valence-electron chi connectivity index (χ1n) is 3.87. The lowest BCUT2D eigenvalue weighted by molar-refractivity contribution is 0.824. The molecule has 1 nitrogen and oxygen atoms in total. The smallest absolute Gasteiger partial charge is 0.0716 e. The Balaban J connectivity index is 2.76. The molecule has 0 aliphatic heterocycles. The van der Waals surface area contributed by atoms with Gasteiger partial charge in [-0.2, -0.15) is 0 Å². The maximum atomic E-state index is 4.27. The highest BCUT2D eigenvalue weighted by Gasteiger charge is 1.98. The van der Waals surface area contributed by atoms with Gasteiger partial charge in [0, 0.05) is 0 Å². The summed E-state index contributed by atoms with van der Waals surface area (Å²) in [6, 6.07) is 10.6. The average Bonchev–Trinajstić information content (AvgIpc) is 2.07. The van der Waals surface area contributed by atoms with E-state index in [1.807, 2.05) is 31.3 Å². The normalized spacial score (nSPS) is 13.6. The van der Waals surface area contributed by atoms with E-state index in [9.17, 15) is 0 Å². The SMILES string of the molecule is CC=N[C@@H](C)c1ccccc1. The lowest BCUT2D eigenvalue weighted by Gasteiger charge is -2.04. The van der Waals surface area contributed by atoms with Crippen molar-refractivity contribution in [3.63, 3.8) is 0 Å². The molecule has 1 atom stereocenters. The zero-order chi connectivity index (χ0) is 8.10. The molecule has 0 unspecified atom stereocenters. The Morgan fingerprint density at radius 1 is 1.27 bits per heavy atom. The lowest BCUT2D eigenvalue weighted by Crippen LogP contribution is -1.87. The zero-order valence-corrected chi connectivity index (χ0v) is 6.99. The van der Waals surface area contributed by atoms with Gasteiger partial charge in [-0.05, 0) is 25.6 Å². The maximum absolute atomic E-state index is 4.27. The maximum Gasteiger partial charge on any atom is 0.0716 e. The van der Waals surface area contributed by atoms with E-state index in [1.165, 1.54) is 5.56 Å². The van der Waals surface area contributed by atoms with Crippen LogP contribution in [0.1, 0.15) is 25.5 Å². The van der Waals surface area contributed by atoms with E-state index in [0.29, 0.717) is 6.04 Å². The molecule has 11 heavy (non-hydrogen) atoms. The van der Waals surface area contributed by atoms with Crippen LogP contribution in [0.2, 0.25) is 0 Å². The molecule has 1 aromatic carbocycles. The van der Waals surface area contributed by atoms with Crippen molar-refractivity contribution in [2.45, 2.75) is 19.9 Å². The van der Waals surface area contributed by atoms with Crippen molar-refractivity contribution in [2.75, 3.05) is 0 Å². The third kappa shape index (κ3) is 2.19. The second-order valence-electron chi connectivity index (χ2n) is 2.49. The molecule has 0 saturated carbocycles. The van der Waals surface area contributed by atoms with Gasteiger partial charge in [0.25, 0.3) is 0 Å². The monoisotopic (exact) mass is 147 g/mol. The van der Waals surface area contributed by atoms with Gasteiger partial charge in [0.1, 0.15) is 0 Å². The molecule has 0 aliphatic rings. The molecule has 0 saturated heterocycles. The Bertz CT molecular complexity index is 226. The lowest BCUT2D eigenvalue weighted by atomic mass is 10.1. The number of hydrogen-bond donors (Lipinski definition) is 0. The van der Waals surface area contributed by atoms with Crippen LogP contribution in [0.4, 0.5) is 0 Å². The summed E-state index contributed by atoms with van der Waals surface area (Å²) in [6.45, 7) is 4.04. The molecule has 0 spiro atoms. The van der Waals surface area contributed by atoms with E-state index in [0.717, 1.165) is 0 Å². The number of rotatable bonds is 2. The van der Waals surface area contributed by atoms with Crippen molar-refractivity contribution in [1.82, 2.24) is 0 Å². The van der Waals surface area contributed by atoms with E-state index in [1.54, 1.807) is 0 Å². The average molecular weight is 147 g/mol. The predicted octanol–water partition coefficient (Wildman–Crippen LogP) is 2.84. The fourth-order valence-corrected chi connectivity index (χ4v) is 1.04. The molecular formula is C10H13N. The molecular weight excluding hydrogens is 134 g/mol. The van der Waals surface area contributed by atoms with Crippen LogP contribution in [0.3, 0.4) is 0 Å². The van der Waals surface area contributed by atoms with Crippen LogP contribution in [0.25, 0.3) is 0 Å². The van der Waals surface area contributed by atoms with Crippen molar-refractivity contribution in [3.05, 3.63) is 35.9 Å². The fourth-order valence-electron chi connectivity index (χ4n) is 1.04. The van der Waals surface area contributed by atoms with Gasteiger partial charge in [-0.25, -0.2) is 0 Å². The molecule has 0 radical (unpaired) electrons. The summed E-state index contributed by atoms with van der Waals surface area (Å²) >= 11 is 0. The second kappa shape index (κ2) is 3.91. The minimum atomic E-state index is 0.293. The van der Waals surface area contributed by atoms with Crippen LogP contribution < -0.4 is 0 Å². The number of hydrogen-bond acceptors (Lipinski definition) is 1. The highest BCUT2D eigenvalue weighted by atomic mass is 14.7. The van der Waals surface area contributed by atoms with Gasteiger partial charge in [0.05, 0.1) is 6.04 Å². The van der Waals surface area contributed by atoms with Crippen molar-refractivity contribution in [3.8, 4) is 0 Å². The van der Waals surface area contributed by atoms with Gasteiger partial charge < -0.3 is 0 Å². The highest BCUT2D eigenvalue weighted by Crippen LogP contribution is 2.14. The van der Waals surface area contributed by atoms with Crippen LogP contribution in [-0.4, -0.2) is 6.21 Å². The fraction of sp³-hybridized carbons (Fsp3) is 0.300. The minimum absolute atomic E-state index is 0.293. The van der Waals surface area contributed by atoms with Crippen LogP contribution in [-0.2, 0) is 0 Å². The zero-order valence-electron chi connectivity index (χ0n) is 6.99. The second-order valence-corrected chi connectivity index (χ2v) is 2.49. The molecule has 0 amide bonds. The number of nitrogens with zero attached hydrogens (tertiary/aromatic N) is 1. The summed E-state index contributed by atoms with van der Waals surface area (Å²) in [7, 11) is 0. The summed E-state index contributed by atoms with van der Waals surface area (Å²) < 4.78 is 0. The molecule has 0 bridgehead atoms. The van der Waals surface area contributed by atoms with E-state index in [4.69, 9.17) is 0 Å². The molecule has 0 N–H and O–H groups in total. The van der Waals surface area contributed by atoms with E-state index >= 15 is 0 Å². The molecule has 1 rings (SSSR count). The van der Waals surface area contributed by atoms with Gasteiger partial charge in [-0.3, -0.25) is 4.99 Å². The Morgan fingerprint density at radius 3 is 2.45 bits per heavy atom. The van der Waals surface area contributed by atoms with E-state index in [2.05, 4.69) is 24.0 Å². The molecule has 58 valence electrons. The third-order valence-electron chi connectivity index (χ3n) is 1.65. The molecule has 0 aromatic heterocycles. The Labute approximate surface area is 67.8 Å². The van der Waals surface area contributed by atoms with Gasteiger partial charge >= 0.3 is 0 Å². The topological polar surface area (TPSA) is 12.4 Å². The summed E-state index contributed by atoms with van der Waals surface area (Å²) in [4.78, 5) is 4.27. The Morgan fingerprint density at radius 2 is 1.91 bits per heavy atom. The molecule has 0 fully saturated rings. The van der Waals surface area contributed by atoms with Crippen LogP contribution in [0.15, 0.2) is 35.3 Å². The Kier molecular flexibility index (Phi) is 2.84. The van der Waals surface area contributed by atoms with E-state index in [-0.39, 0.29) is 0 Å². The summed E-state index contributed by atoms with van der Waals surface area (Å²) in [6.07, 6.45) is 1.84. The van der Waals surface area contributed by atoms with Crippen molar-refractivity contribution >= 4 is 6.21 Å². The molecule has 1 heteroatoms. The van der Waals surface area contributed by atoms with Crippen molar-refractivity contribution in [1.29, 1.82) is 0 Å². The quantitative estimate of drug-likeness (QED) is 0.570. The van der Waals surface area contributed by atoms with Gasteiger partial charge in [0.2, 0.25) is 0 Å². The highest BCUT2D eigenvalue weighted by molar-refractivity contribution is 5.53. The minimum Gasteiger partial charge on any atom is -0.290 e. The first-order valence-corrected chi connectivity index (χ1v) is 3.87. The van der Waals surface area contributed by atoms with E-state index < -0.39 is 0 Å². The molecule has 0 heterocycles. The summed E-state index contributed by atoms with van der Waals surface area (Å²) in [5.41, 5.74) is 1.27. The third-order valence-corrected chi connectivity index (χ3v) is 1.65. The molecule has 1 aromatic rings. The first kappa shape index (κ1) is 7.99. The van der Waals surface area contributed by atoms with Crippen LogP contribution in [0, 0.1) is 0 Å². The largest absolute Gasteiger partial charge is 0.290 e. The van der Waals surface area contributed by atoms with Gasteiger partial charge in [-0.1, -0.05) is 30.3 Å². The van der Waals surface area contributed by atoms with Crippen molar-refractivity contribution in [2.24, 2.45) is 4.99 Å². The summed E-state index contributed by atoms with van der Waals surface area (Å²) in [5.74, 6) is 0. The number of aliphatic imine (C=N–C) groups is 1. The molecule has 0 aliphatic carbocycles. The standard InChI is InChI=1S/C10H13N/c1-3-11-9(2)10-7-5-4-6-8-10/h3-9H,1-2H3/t9-/m0/s1. The van der Waals surface area contributed by atoms with Crippen molar-refractivity contribution < 1.29 is 0 Å². The Hall–Kier alpha value is -1.11. The van der Waals surface area contributed by atoms with Crippen LogP contribution in [0.5, 0.6) is 0 Å². The summed E-state index contributed by atoms with van der Waals surface area (Å²) in [5, 5.41) is 0. The van der Waals surface area contributed by atoms with Gasteiger partial charge in [0.15, 0.2) is 0 Å². The van der Waals surface area contributed by atoms with Gasteiger partial charge in [-0.15, -0.1) is 0 Å². The predicted molar refractivity (Wildman–Crippen MR) is 49.0 cm³/mol. The van der Waals surface area contributed by atoms with Crippen LogP contribution >= 0.6 is 0 Å². The first-order chi connectivity index (χ1) is 5.34. The number of benzene rings is 1.